The summed E-state index contributed by atoms with van der Waals surface area (Å²) in [6.45, 7) is 0.594. The van der Waals surface area contributed by atoms with E-state index in [4.69, 9.17) is 5.73 Å². The molecule has 0 aliphatic carbocycles. The molecule has 0 aromatic heterocycles. The summed E-state index contributed by atoms with van der Waals surface area (Å²) in [4.78, 5) is 0. The molecule has 0 spiro atoms. The van der Waals surface area contributed by atoms with Crippen LogP contribution in [0.25, 0.3) is 0 Å². The first-order valence-corrected chi connectivity index (χ1v) is 7.08. The Morgan fingerprint density at radius 1 is 1.47 bits per heavy atom. The summed E-state index contributed by atoms with van der Waals surface area (Å²) in [6, 6.07) is 6.85. The molecule has 1 saturated heterocycles. The molecule has 1 aromatic carbocycles. The van der Waals surface area contributed by atoms with Gasteiger partial charge in [-0.2, -0.15) is 4.31 Å². The normalized spacial score (nSPS) is 21.8. The van der Waals surface area contributed by atoms with E-state index in [-0.39, 0.29) is 12.3 Å². The molecule has 0 amide bonds. The largest absolute Gasteiger partial charge is 0.399 e. The standard InChI is InChI=1S/C11H16N2O3S/c12-10-3-1-2-9(6-10)8-17(15,16)13-5-4-11(14)7-13/h1-3,6,11,14H,4-5,7-8,12H2/t11-/m0/s1. The van der Waals surface area contributed by atoms with E-state index < -0.39 is 16.1 Å². The van der Waals surface area contributed by atoms with Crippen LogP contribution in [0.3, 0.4) is 0 Å². The van der Waals surface area contributed by atoms with Crippen molar-refractivity contribution in [2.45, 2.75) is 18.3 Å². The smallest absolute Gasteiger partial charge is 0.218 e. The van der Waals surface area contributed by atoms with Gasteiger partial charge in [-0.05, 0) is 24.1 Å². The third-order valence-electron chi connectivity index (χ3n) is 2.82. The minimum Gasteiger partial charge on any atom is -0.399 e. The lowest BCUT2D eigenvalue weighted by molar-refractivity contribution is 0.189. The van der Waals surface area contributed by atoms with Crippen molar-refractivity contribution in [3.05, 3.63) is 29.8 Å². The van der Waals surface area contributed by atoms with Gasteiger partial charge in [-0.3, -0.25) is 0 Å². The lowest BCUT2D eigenvalue weighted by Gasteiger charge is -2.15. The van der Waals surface area contributed by atoms with E-state index >= 15 is 0 Å². The van der Waals surface area contributed by atoms with Crippen LogP contribution >= 0.6 is 0 Å². The van der Waals surface area contributed by atoms with Crippen molar-refractivity contribution < 1.29 is 13.5 Å². The number of β-amino-alcohol motifs (C(OH)–C–C–N with tert-alkyl or cyclic N) is 1. The molecule has 1 heterocycles. The predicted octanol–water partition coefficient (Wildman–Crippen LogP) is 0.165. The average molecular weight is 256 g/mol. The molecule has 94 valence electrons. The summed E-state index contributed by atoms with van der Waals surface area (Å²) < 4.78 is 25.4. The number of benzene rings is 1. The molecule has 0 bridgehead atoms. The van der Waals surface area contributed by atoms with Crippen LogP contribution < -0.4 is 5.73 Å². The number of rotatable bonds is 3. The number of nitrogen functional groups attached to an aromatic ring is 1. The SMILES string of the molecule is Nc1cccc(CS(=O)(=O)N2CC[C@H](O)C2)c1. The topological polar surface area (TPSA) is 83.6 Å². The monoisotopic (exact) mass is 256 g/mol. The number of aliphatic hydroxyl groups excluding tert-OH is 1. The fourth-order valence-corrected chi connectivity index (χ4v) is 3.51. The number of hydrogen-bond donors (Lipinski definition) is 2. The molecule has 1 aliphatic heterocycles. The quantitative estimate of drug-likeness (QED) is 0.755. The van der Waals surface area contributed by atoms with Crippen LogP contribution in [0.2, 0.25) is 0 Å². The second-order valence-electron chi connectivity index (χ2n) is 4.30. The first-order valence-electron chi connectivity index (χ1n) is 5.48. The lowest BCUT2D eigenvalue weighted by Crippen LogP contribution is -2.30. The number of anilines is 1. The van der Waals surface area contributed by atoms with Crippen LogP contribution in [0, 0.1) is 0 Å². The van der Waals surface area contributed by atoms with E-state index in [1.165, 1.54) is 4.31 Å². The molecule has 6 heteroatoms. The molecule has 2 rings (SSSR count). The van der Waals surface area contributed by atoms with Crippen LogP contribution in [0.5, 0.6) is 0 Å². The Hall–Kier alpha value is -1.11. The van der Waals surface area contributed by atoms with Gasteiger partial charge < -0.3 is 10.8 Å². The maximum absolute atomic E-state index is 12.0. The fraction of sp³-hybridized carbons (Fsp3) is 0.455. The maximum atomic E-state index is 12.0. The summed E-state index contributed by atoms with van der Waals surface area (Å²) >= 11 is 0. The number of nitrogens with two attached hydrogens (primary N) is 1. The highest BCUT2D eigenvalue weighted by molar-refractivity contribution is 7.88. The molecule has 0 saturated carbocycles. The molecule has 3 N–H and O–H groups in total. The molecule has 1 fully saturated rings. The van der Waals surface area contributed by atoms with Gasteiger partial charge in [-0.1, -0.05) is 12.1 Å². The Morgan fingerprint density at radius 3 is 2.82 bits per heavy atom. The first kappa shape index (κ1) is 12.3. The van der Waals surface area contributed by atoms with Gasteiger partial charge >= 0.3 is 0 Å². The van der Waals surface area contributed by atoms with E-state index in [1.807, 2.05) is 0 Å². The molecular weight excluding hydrogens is 240 g/mol. The van der Waals surface area contributed by atoms with Crippen molar-refractivity contribution in [3.63, 3.8) is 0 Å². The van der Waals surface area contributed by atoms with Gasteiger partial charge in [0.1, 0.15) is 0 Å². The van der Waals surface area contributed by atoms with E-state index in [9.17, 15) is 13.5 Å². The Labute approximate surface area is 101 Å². The minimum absolute atomic E-state index is 0.0647. The second kappa shape index (κ2) is 4.64. The summed E-state index contributed by atoms with van der Waals surface area (Å²) in [5.41, 5.74) is 6.83. The second-order valence-corrected chi connectivity index (χ2v) is 6.27. The minimum atomic E-state index is -3.34. The Balaban J connectivity index is 2.12. The third kappa shape index (κ3) is 2.96. The summed E-state index contributed by atoms with van der Waals surface area (Å²) in [5.74, 6) is -0.0647. The molecule has 0 unspecified atom stereocenters. The maximum Gasteiger partial charge on any atom is 0.218 e. The summed E-state index contributed by atoms with van der Waals surface area (Å²) in [5, 5.41) is 9.35. The number of sulfonamides is 1. The zero-order valence-corrected chi connectivity index (χ0v) is 10.2. The molecule has 0 radical (unpaired) electrons. The van der Waals surface area contributed by atoms with Gasteiger partial charge in [0.05, 0.1) is 11.9 Å². The molecule has 17 heavy (non-hydrogen) atoms. The predicted molar refractivity (Wildman–Crippen MR) is 65.7 cm³/mol. The van der Waals surface area contributed by atoms with Gasteiger partial charge in [0.2, 0.25) is 10.0 Å². The highest BCUT2D eigenvalue weighted by Gasteiger charge is 2.30. The van der Waals surface area contributed by atoms with E-state index in [0.29, 0.717) is 24.2 Å². The van der Waals surface area contributed by atoms with Crippen molar-refractivity contribution >= 4 is 15.7 Å². The van der Waals surface area contributed by atoms with E-state index in [0.717, 1.165) is 0 Å². The average Bonchev–Trinajstić information content (AvgIpc) is 2.65. The highest BCUT2D eigenvalue weighted by atomic mass is 32.2. The zero-order chi connectivity index (χ0) is 12.5. The molecular formula is C11H16N2O3S. The van der Waals surface area contributed by atoms with Gasteiger partial charge in [-0.25, -0.2) is 8.42 Å². The Bertz CT molecular complexity index is 501. The first-order chi connectivity index (χ1) is 7.97. The van der Waals surface area contributed by atoms with Crippen LogP contribution in [-0.4, -0.2) is 37.0 Å². The Morgan fingerprint density at radius 2 is 2.24 bits per heavy atom. The van der Waals surface area contributed by atoms with Gasteiger partial charge in [0.25, 0.3) is 0 Å². The van der Waals surface area contributed by atoms with Crippen LogP contribution in [0.1, 0.15) is 12.0 Å². The van der Waals surface area contributed by atoms with E-state index in [2.05, 4.69) is 0 Å². The zero-order valence-electron chi connectivity index (χ0n) is 9.41. The van der Waals surface area contributed by atoms with Gasteiger partial charge in [-0.15, -0.1) is 0 Å². The molecule has 1 aliphatic rings. The van der Waals surface area contributed by atoms with Crippen LogP contribution in [-0.2, 0) is 15.8 Å². The van der Waals surface area contributed by atoms with Crippen molar-refractivity contribution in [2.24, 2.45) is 0 Å². The van der Waals surface area contributed by atoms with Crippen LogP contribution in [0.15, 0.2) is 24.3 Å². The molecule has 5 nitrogen and oxygen atoms in total. The molecule has 1 atom stereocenters. The highest BCUT2D eigenvalue weighted by Crippen LogP contribution is 2.18. The number of nitrogens with zero attached hydrogens (tertiary/aromatic N) is 1. The van der Waals surface area contributed by atoms with Crippen molar-refractivity contribution in [3.8, 4) is 0 Å². The third-order valence-corrected chi connectivity index (χ3v) is 4.64. The van der Waals surface area contributed by atoms with Gasteiger partial charge in [0, 0.05) is 18.8 Å². The summed E-state index contributed by atoms with van der Waals surface area (Å²) in [7, 11) is -3.34. The van der Waals surface area contributed by atoms with Crippen molar-refractivity contribution in [1.29, 1.82) is 0 Å². The summed E-state index contributed by atoms with van der Waals surface area (Å²) in [6.07, 6.45) is -0.0264. The molecule has 1 aromatic rings. The van der Waals surface area contributed by atoms with Crippen molar-refractivity contribution in [2.75, 3.05) is 18.8 Å². The fourth-order valence-electron chi connectivity index (χ4n) is 1.95. The van der Waals surface area contributed by atoms with E-state index in [1.54, 1.807) is 24.3 Å². The van der Waals surface area contributed by atoms with Crippen molar-refractivity contribution in [1.82, 2.24) is 4.31 Å². The number of hydrogen-bond acceptors (Lipinski definition) is 4. The van der Waals surface area contributed by atoms with Gasteiger partial charge in [0.15, 0.2) is 0 Å². The lowest BCUT2D eigenvalue weighted by atomic mass is 10.2. The number of aliphatic hydroxyl groups is 1. The Kier molecular flexibility index (Phi) is 3.37. The van der Waals surface area contributed by atoms with Crippen LogP contribution in [0.4, 0.5) is 5.69 Å².